The van der Waals surface area contributed by atoms with E-state index in [1.807, 2.05) is 23.1 Å². The first-order valence-electron chi connectivity index (χ1n) is 12.8. The number of halogens is 1. The molecule has 2 bridgehead atoms. The highest BCUT2D eigenvalue weighted by atomic mass is 32.1. The average Bonchev–Trinajstić information content (AvgIpc) is 3.28. The molecule has 3 aliphatic rings. The van der Waals surface area contributed by atoms with Crippen molar-refractivity contribution in [3.05, 3.63) is 70.1 Å². The second kappa shape index (κ2) is 8.99. The molecule has 9 heteroatoms. The van der Waals surface area contributed by atoms with Crippen molar-refractivity contribution in [2.24, 2.45) is 5.92 Å². The molecule has 0 unspecified atom stereocenters. The van der Waals surface area contributed by atoms with Gasteiger partial charge in [0.05, 0.1) is 37.2 Å². The van der Waals surface area contributed by atoms with Crippen molar-refractivity contribution < 1.29 is 14.0 Å². The molecule has 1 N–H and O–H groups in total. The van der Waals surface area contributed by atoms with Crippen LogP contribution in [0.2, 0.25) is 0 Å². The number of fused-ring (bicyclic) bond motifs is 3. The Hall–Kier alpha value is -3.17. The highest BCUT2D eigenvalue weighted by Gasteiger charge is 2.49. The fourth-order valence-corrected chi connectivity index (χ4v) is 8.02. The molecule has 37 heavy (non-hydrogen) atoms. The quantitative estimate of drug-likeness (QED) is 0.338. The summed E-state index contributed by atoms with van der Waals surface area (Å²) in [6.45, 7) is 0.385. The van der Waals surface area contributed by atoms with Gasteiger partial charge in [-0.3, -0.25) is 9.59 Å². The Kier molecular flexibility index (Phi) is 5.58. The lowest BCUT2D eigenvalue weighted by molar-refractivity contribution is 0.0577. The Morgan fingerprint density at radius 1 is 1.08 bits per heavy atom. The third-order valence-electron chi connectivity index (χ3n) is 7.94. The zero-order valence-corrected chi connectivity index (χ0v) is 21.7. The third-order valence-corrected chi connectivity index (χ3v) is 10.1. The highest BCUT2D eigenvalue weighted by Crippen LogP contribution is 2.47. The van der Waals surface area contributed by atoms with Gasteiger partial charge in [0.2, 0.25) is 0 Å². The second-order valence-corrected chi connectivity index (χ2v) is 12.1. The lowest BCUT2D eigenvalue weighted by Gasteiger charge is -2.35. The van der Waals surface area contributed by atoms with Crippen LogP contribution in [0.1, 0.15) is 63.9 Å². The monoisotopic (exact) mass is 532 g/mol. The summed E-state index contributed by atoms with van der Waals surface area (Å²) in [6.07, 6.45) is 5.06. The van der Waals surface area contributed by atoms with E-state index < -0.39 is 0 Å². The molecule has 2 aliphatic carbocycles. The number of hydrogen-bond donors (Lipinski definition) is 1. The molecule has 2 saturated carbocycles. The molecule has 1 saturated heterocycles. The van der Waals surface area contributed by atoms with Crippen LogP contribution in [0.15, 0.2) is 48.0 Å². The van der Waals surface area contributed by atoms with Gasteiger partial charge >= 0.3 is 0 Å². The van der Waals surface area contributed by atoms with Crippen molar-refractivity contribution in [1.29, 1.82) is 0 Å². The van der Waals surface area contributed by atoms with E-state index in [9.17, 15) is 14.0 Å². The fourth-order valence-electron chi connectivity index (χ4n) is 5.97. The van der Waals surface area contributed by atoms with Crippen LogP contribution in [-0.4, -0.2) is 45.3 Å². The number of likely N-dealkylation sites (tertiary alicyclic amines) is 1. The van der Waals surface area contributed by atoms with E-state index in [0.29, 0.717) is 40.1 Å². The molecule has 2 aromatic carbocycles. The normalized spacial score (nSPS) is 22.6. The molecule has 3 fully saturated rings. The summed E-state index contributed by atoms with van der Waals surface area (Å²) in [7, 11) is 0. The minimum Gasteiger partial charge on any atom is -0.350 e. The molecule has 4 aromatic rings. The number of rotatable bonds is 6. The van der Waals surface area contributed by atoms with Crippen molar-refractivity contribution in [3.8, 4) is 10.4 Å². The third kappa shape index (κ3) is 3.95. The van der Waals surface area contributed by atoms with Crippen LogP contribution in [0.5, 0.6) is 0 Å². The zero-order valence-electron chi connectivity index (χ0n) is 20.0. The molecule has 2 aromatic heterocycles. The van der Waals surface area contributed by atoms with Crippen LogP contribution in [0.4, 0.5) is 4.39 Å². The van der Waals surface area contributed by atoms with Gasteiger partial charge in [0.1, 0.15) is 11.5 Å². The van der Waals surface area contributed by atoms with Crippen molar-refractivity contribution in [1.82, 2.24) is 20.2 Å². The molecule has 188 valence electrons. The number of nitrogens with one attached hydrogen (secondary N) is 1. The lowest BCUT2D eigenvalue weighted by Crippen LogP contribution is -2.50. The van der Waals surface area contributed by atoms with Crippen LogP contribution < -0.4 is 5.32 Å². The van der Waals surface area contributed by atoms with E-state index in [4.69, 9.17) is 4.98 Å². The Morgan fingerprint density at radius 2 is 1.95 bits per heavy atom. The van der Waals surface area contributed by atoms with E-state index in [1.165, 1.54) is 28.7 Å². The van der Waals surface area contributed by atoms with Crippen LogP contribution in [0.25, 0.3) is 20.7 Å². The Morgan fingerprint density at radius 3 is 2.78 bits per heavy atom. The standard InChI is InChI=1S/C28H25FN4O2S2/c29-20-6-2-1-4-18(20)25-23(32-27(37-25)15-8-9-15)28(35)33-17-11-10-16(12-17)22(33)13-30-26(34)19-5-3-7-21-24(19)36-14-31-21/h1-7,14-17,22H,8-13H2,(H,30,34)/t16-,17+,22+/m0/s1. The number of benzene rings is 2. The van der Waals surface area contributed by atoms with Gasteiger partial charge in [-0.25, -0.2) is 14.4 Å². The van der Waals surface area contributed by atoms with E-state index in [1.54, 1.807) is 23.7 Å². The Bertz CT molecular complexity index is 1530. The summed E-state index contributed by atoms with van der Waals surface area (Å²) in [5.74, 6) is 0.0780. The summed E-state index contributed by atoms with van der Waals surface area (Å²) in [5, 5.41) is 4.03. The fraction of sp³-hybridized carbons (Fsp3) is 0.357. The summed E-state index contributed by atoms with van der Waals surface area (Å²) >= 11 is 2.90. The highest BCUT2D eigenvalue weighted by molar-refractivity contribution is 7.17. The number of aromatic nitrogens is 2. The topological polar surface area (TPSA) is 75.2 Å². The van der Waals surface area contributed by atoms with Gasteiger partial charge in [0.15, 0.2) is 0 Å². The van der Waals surface area contributed by atoms with Gasteiger partial charge in [0.25, 0.3) is 11.8 Å². The SMILES string of the molecule is O=C(NC[C@@H]1[C@H]2CC[C@H](C2)N1C(=O)c1nc(C2CC2)sc1-c1ccccc1F)c1cccc2ncsc12. The number of nitrogens with zero attached hydrogens (tertiary/aromatic N) is 3. The number of piperidine rings is 1. The molecule has 3 atom stereocenters. The largest absolute Gasteiger partial charge is 0.350 e. The summed E-state index contributed by atoms with van der Waals surface area (Å²) in [5.41, 5.74) is 3.95. The minimum absolute atomic E-state index is 0.101. The van der Waals surface area contributed by atoms with Crippen LogP contribution in [0, 0.1) is 11.7 Å². The van der Waals surface area contributed by atoms with Crippen molar-refractivity contribution >= 4 is 44.7 Å². The van der Waals surface area contributed by atoms with E-state index in [-0.39, 0.29) is 29.7 Å². The Balaban J connectivity index is 1.18. The maximum Gasteiger partial charge on any atom is 0.274 e. The molecule has 0 spiro atoms. The lowest BCUT2D eigenvalue weighted by atomic mass is 9.98. The van der Waals surface area contributed by atoms with E-state index in [2.05, 4.69) is 10.3 Å². The van der Waals surface area contributed by atoms with Crippen LogP contribution in [0.3, 0.4) is 0 Å². The van der Waals surface area contributed by atoms with Gasteiger partial charge in [-0.05, 0) is 56.2 Å². The van der Waals surface area contributed by atoms with Gasteiger partial charge < -0.3 is 10.2 Å². The van der Waals surface area contributed by atoms with Crippen molar-refractivity contribution in [2.75, 3.05) is 6.54 Å². The van der Waals surface area contributed by atoms with Crippen molar-refractivity contribution in [3.63, 3.8) is 0 Å². The smallest absolute Gasteiger partial charge is 0.274 e. The summed E-state index contributed by atoms with van der Waals surface area (Å²) in [4.78, 5) is 38.9. The molecule has 3 heterocycles. The van der Waals surface area contributed by atoms with E-state index in [0.717, 1.165) is 47.3 Å². The molecular weight excluding hydrogens is 507 g/mol. The average molecular weight is 533 g/mol. The number of thiazole rings is 2. The van der Waals surface area contributed by atoms with Crippen molar-refractivity contribution in [2.45, 2.75) is 50.1 Å². The van der Waals surface area contributed by atoms with Gasteiger partial charge in [-0.15, -0.1) is 22.7 Å². The first-order chi connectivity index (χ1) is 18.1. The molecule has 0 radical (unpaired) electrons. The number of carbonyl (C=O) groups is 2. The molecule has 6 nitrogen and oxygen atoms in total. The maximum atomic E-state index is 14.8. The predicted molar refractivity (Wildman–Crippen MR) is 143 cm³/mol. The van der Waals surface area contributed by atoms with Gasteiger partial charge in [-0.1, -0.05) is 24.3 Å². The maximum absolute atomic E-state index is 14.8. The first-order valence-corrected chi connectivity index (χ1v) is 14.5. The Labute approximate surface area is 221 Å². The zero-order chi connectivity index (χ0) is 25.1. The molecular formula is C28H25FN4O2S2. The predicted octanol–water partition coefficient (Wildman–Crippen LogP) is 5.86. The second-order valence-electron chi connectivity index (χ2n) is 10.2. The number of hydrogen-bond acceptors (Lipinski definition) is 6. The number of amides is 2. The molecule has 7 rings (SSSR count). The molecule has 2 amide bonds. The van der Waals surface area contributed by atoms with E-state index >= 15 is 0 Å². The number of carbonyl (C=O) groups excluding carboxylic acids is 2. The van der Waals surface area contributed by atoms with Gasteiger partial charge in [0, 0.05) is 24.1 Å². The van der Waals surface area contributed by atoms with Crippen LogP contribution in [-0.2, 0) is 0 Å². The van der Waals surface area contributed by atoms with Gasteiger partial charge in [-0.2, -0.15) is 0 Å². The summed E-state index contributed by atoms with van der Waals surface area (Å²) in [6, 6.07) is 12.2. The first kappa shape index (κ1) is 23.0. The molecule has 1 aliphatic heterocycles. The minimum atomic E-state index is -0.341. The summed E-state index contributed by atoms with van der Waals surface area (Å²) < 4.78 is 15.7. The van der Waals surface area contributed by atoms with Crippen LogP contribution >= 0.6 is 22.7 Å².